The van der Waals surface area contributed by atoms with E-state index in [2.05, 4.69) is 14.0 Å². The van der Waals surface area contributed by atoms with E-state index in [1.54, 1.807) is 6.07 Å². The summed E-state index contributed by atoms with van der Waals surface area (Å²) in [6, 6.07) is 1.62. The second-order valence-electron chi connectivity index (χ2n) is 3.15. The van der Waals surface area contributed by atoms with Crippen molar-refractivity contribution in [3.63, 3.8) is 0 Å². The lowest BCUT2D eigenvalue weighted by Gasteiger charge is -2.11. The van der Waals surface area contributed by atoms with Gasteiger partial charge in [0, 0.05) is 6.54 Å². The minimum Gasteiger partial charge on any atom is -0.382 e. The summed E-state index contributed by atoms with van der Waals surface area (Å²) in [4.78, 5) is 0. The summed E-state index contributed by atoms with van der Waals surface area (Å²) < 4.78 is 20.2. The zero-order valence-electron chi connectivity index (χ0n) is 8.14. The monoisotopic (exact) mass is 279 g/mol. The second kappa shape index (κ2) is 5.12. The number of nitrogens with one attached hydrogen (secondary N) is 1. The van der Waals surface area contributed by atoms with Crippen molar-refractivity contribution in [3.8, 4) is 0 Å². The zero-order chi connectivity index (χ0) is 11.5. The Balaban J connectivity index is 2.31. The fourth-order valence-corrected chi connectivity index (χ4v) is 2.50. The lowest BCUT2D eigenvalue weighted by atomic mass is 10.2. The predicted octanol–water partition coefficient (Wildman–Crippen LogP) is 4.49. The SMILES string of the molecule is FCCCNc1c(Cl)cc(Cl)c2c1N=S=N2. The molecule has 1 aromatic rings. The Bertz CT molecular complexity index is 486. The Morgan fingerprint density at radius 3 is 2.75 bits per heavy atom. The van der Waals surface area contributed by atoms with Crippen LogP contribution >= 0.6 is 23.2 Å². The molecule has 0 fully saturated rings. The molecule has 0 saturated heterocycles. The van der Waals surface area contributed by atoms with E-state index in [0.29, 0.717) is 40.1 Å². The van der Waals surface area contributed by atoms with Crippen LogP contribution in [0.5, 0.6) is 0 Å². The zero-order valence-corrected chi connectivity index (χ0v) is 10.5. The van der Waals surface area contributed by atoms with Crippen LogP contribution in [0.3, 0.4) is 0 Å². The first kappa shape index (κ1) is 11.8. The fourth-order valence-electron chi connectivity index (χ4n) is 1.32. The molecular formula is C9H8Cl2FN3S. The van der Waals surface area contributed by atoms with Crippen molar-refractivity contribution in [1.29, 1.82) is 0 Å². The number of anilines is 1. The van der Waals surface area contributed by atoms with Gasteiger partial charge < -0.3 is 5.32 Å². The lowest BCUT2D eigenvalue weighted by Crippen LogP contribution is -2.02. The molecule has 3 nitrogen and oxygen atoms in total. The Morgan fingerprint density at radius 1 is 1.25 bits per heavy atom. The van der Waals surface area contributed by atoms with Crippen LogP contribution in [-0.2, 0) is 11.4 Å². The minimum absolute atomic E-state index is 0.364. The van der Waals surface area contributed by atoms with Crippen molar-refractivity contribution in [2.24, 2.45) is 8.73 Å². The molecule has 0 aliphatic carbocycles. The molecule has 0 aromatic heterocycles. The molecular weight excluding hydrogens is 272 g/mol. The average molecular weight is 280 g/mol. The van der Waals surface area contributed by atoms with Crippen molar-refractivity contribution >= 4 is 51.6 Å². The molecule has 0 atom stereocenters. The molecule has 0 spiro atoms. The van der Waals surface area contributed by atoms with Gasteiger partial charge in [0.05, 0.1) is 33.8 Å². The molecule has 0 bridgehead atoms. The molecule has 2 rings (SSSR count). The van der Waals surface area contributed by atoms with Crippen LogP contribution in [0.25, 0.3) is 0 Å². The van der Waals surface area contributed by atoms with E-state index in [4.69, 9.17) is 23.2 Å². The van der Waals surface area contributed by atoms with Gasteiger partial charge in [0.15, 0.2) is 0 Å². The van der Waals surface area contributed by atoms with E-state index in [1.165, 1.54) is 0 Å². The standard InChI is InChI=1S/C9H8Cl2FN3S/c10-5-4-6(11)8-9(15-16-14-8)7(5)13-3-1-2-12/h4,13H,1-3H2. The minimum atomic E-state index is -0.364. The third-order valence-corrected chi connectivity index (χ3v) is 3.17. The highest BCUT2D eigenvalue weighted by molar-refractivity contribution is 7.58. The Kier molecular flexibility index (Phi) is 3.78. The molecule has 0 saturated carbocycles. The van der Waals surface area contributed by atoms with Gasteiger partial charge in [0.25, 0.3) is 0 Å². The van der Waals surface area contributed by atoms with E-state index in [-0.39, 0.29) is 6.67 Å². The molecule has 0 amide bonds. The predicted molar refractivity (Wildman–Crippen MR) is 67.1 cm³/mol. The summed E-state index contributed by atoms with van der Waals surface area (Å²) in [6.07, 6.45) is 0.429. The summed E-state index contributed by atoms with van der Waals surface area (Å²) in [5.41, 5.74) is 1.93. The van der Waals surface area contributed by atoms with Crippen LogP contribution in [0.15, 0.2) is 14.8 Å². The topological polar surface area (TPSA) is 36.8 Å². The van der Waals surface area contributed by atoms with E-state index in [0.717, 1.165) is 11.4 Å². The third-order valence-electron chi connectivity index (χ3n) is 2.06. The van der Waals surface area contributed by atoms with Crippen LogP contribution in [0.4, 0.5) is 21.5 Å². The number of rotatable bonds is 4. The largest absolute Gasteiger partial charge is 0.382 e. The van der Waals surface area contributed by atoms with E-state index < -0.39 is 0 Å². The molecule has 86 valence electrons. The number of nitrogens with zero attached hydrogens (tertiary/aromatic N) is 2. The Morgan fingerprint density at radius 2 is 2.00 bits per heavy atom. The van der Waals surface area contributed by atoms with Crippen LogP contribution < -0.4 is 5.32 Å². The van der Waals surface area contributed by atoms with Crippen LogP contribution in [0.2, 0.25) is 10.0 Å². The maximum absolute atomic E-state index is 12.0. The molecule has 0 radical (unpaired) electrons. The van der Waals surface area contributed by atoms with Gasteiger partial charge in [0.2, 0.25) is 0 Å². The Labute approximate surface area is 106 Å². The van der Waals surface area contributed by atoms with Gasteiger partial charge in [-0.05, 0) is 12.5 Å². The molecule has 1 heterocycles. The molecule has 0 unspecified atom stereocenters. The normalized spacial score (nSPS) is 12.4. The van der Waals surface area contributed by atoms with E-state index >= 15 is 0 Å². The summed E-state index contributed by atoms with van der Waals surface area (Å²) in [5, 5.41) is 4.00. The summed E-state index contributed by atoms with van der Waals surface area (Å²) in [5.74, 6) is 0. The first-order valence-electron chi connectivity index (χ1n) is 4.64. The van der Waals surface area contributed by atoms with Gasteiger partial charge in [0.1, 0.15) is 11.4 Å². The van der Waals surface area contributed by atoms with Gasteiger partial charge in [-0.25, -0.2) is 0 Å². The van der Waals surface area contributed by atoms with E-state index in [1.807, 2.05) is 0 Å². The van der Waals surface area contributed by atoms with Crippen molar-refractivity contribution in [1.82, 2.24) is 0 Å². The smallest absolute Gasteiger partial charge is 0.130 e. The average Bonchev–Trinajstić information content (AvgIpc) is 2.72. The molecule has 1 aliphatic rings. The molecule has 1 aromatic carbocycles. The van der Waals surface area contributed by atoms with Gasteiger partial charge in [-0.3, -0.25) is 4.39 Å². The van der Waals surface area contributed by atoms with Crippen molar-refractivity contribution in [2.45, 2.75) is 6.42 Å². The van der Waals surface area contributed by atoms with Crippen LogP contribution in [0.1, 0.15) is 6.42 Å². The summed E-state index contributed by atoms with van der Waals surface area (Å²) in [7, 11) is 0. The number of hydrogen-bond acceptors (Lipinski definition) is 3. The third kappa shape index (κ3) is 2.21. The number of alkyl halides is 1. The molecule has 16 heavy (non-hydrogen) atoms. The number of hydrogen-bond donors (Lipinski definition) is 1. The summed E-state index contributed by atoms with van der Waals surface area (Å²) >= 11 is 13.1. The summed E-state index contributed by atoms with van der Waals surface area (Å²) in [6.45, 7) is 0.140. The quantitative estimate of drug-likeness (QED) is 0.823. The second-order valence-corrected chi connectivity index (χ2v) is 4.49. The van der Waals surface area contributed by atoms with Crippen LogP contribution in [0, 0.1) is 0 Å². The van der Waals surface area contributed by atoms with Crippen molar-refractivity contribution in [2.75, 3.05) is 18.5 Å². The maximum Gasteiger partial charge on any atom is 0.130 e. The van der Waals surface area contributed by atoms with Crippen LogP contribution in [-0.4, -0.2) is 13.2 Å². The molecule has 1 N–H and O–H groups in total. The first-order valence-corrected chi connectivity index (χ1v) is 6.12. The van der Waals surface area contributed by atoms with E-state index in [9.17, 15) is 4.39 Å². The highest BCUT2D eigenvalue weighted by Gasteiger charge is 2.18. The van der Waals surface area contributed by atoms with Crippen molar-refractivity contribution < 1.29 is 4.39 Å². The number of halogens is 3. The molecule has 7 heteroatoms. The first-order chi connectivity index (χ1) is 7.74. The number of benzene rings is 1. The van der Waals surface area contributed by atoms with Gasteiger partial charge in [-0.2, -0.15) is 8.73 Å². The lowest BCUT2D eigenvalue weighted by molar-refractivity contribution is 0.481. The van der Waals surface area contributed by atoms with Gasteiger partial charge in [-0.15, -0.1) is 0 Å². The Hall–Kier alpha value is -0.650. The highest BCUT2D eigenvalue weighted by atomic mass is 35.5. The maximum atomic E-state index is 12.0. The van der Waals surface area contributed by atoms with Gasteiger partial charge in [-0.1, -0.05) is 23.2 Å². The van der Waals surface area contributed by atoms with Crippen molar-refractivity contribution in [3.05, 3.63) is 16.1 Å². The number of fused-ring (bicyclic) bond motifs is 1. The fraction of sp³-hybridized carbons (Fsp3) is 0.333. The molecule has 1 aliphatic heterocycles. The van der Waals surface area contributed by atoms with Gasteiger partial charge >= 0.3 is 0 Å². The highest BCUT2D eigenvalue weighted by Crippen LogP contribution is 2.47.